The molecule has 0 amide bonds. The second-order valence-corrected chi connectivity index (χ2v) is 8.40. The maximum absolute atomic E-state index is 9.54. The van der Waals surface area contributed by atoms with E-state index in [0.29, 0.717) is 49.7 Å². The second kappa shape index (κ2) is 11.1. The topological polar surface area (TPSA) is 134 Å². The highest BCUT2D eigenvalue weighted by Gasteiger charge is 2.33. The van der Waals surface area contributed by atoms with E-state index >= 15 is 0 Å². The lowest BCUT2D eigenvalue weighted by Gasteiger charge is -2.18. The van der Waals surface area contributed by atoms with E-state index in [1.165, 1.54) is 0 Å². The first kappa shape index (κ1) is 24.3. The maximum Gasteiger partial charge on any atom is 0.138 e. The third-order valence-electron chi connectivity index (χ3n) is 5.70. The summed E-state index contributed by atoms with van der Waals surface area (Å²) in [6.45, 7) is 8.36. The molecule has 0 bridgehead atoms. The standard InChI is InChI=1S/C24H28N8O3/c1-4-33-19-9-20(24-18(10-25)12-28-32(24)13-19)17-5-6-23(27-11-17)31-14-21(29-30-26)22(15-31)35-8-7-34-16(2)3/h5-6,9,11-13,16,21-22H,4,7-8,14-15H2,1-3H3/t21-,22-/m0/s1. The summed E-state index contributed by atoms with van der Waals surface area (Å²) in [7, 11) is 0. The number of hydrogen-bond acceptors (Lipinski definition) is 8. The van der Waals surface area contributed by atoms with Crippen molar-refractivity contribution in [3.63, 3.8) is 0 Å². The van der Waals surface area contributed by atoms with Gasteiger partial charge >= 0.3 is 0 Å². The van der Waals surface area contributed by atoms with E-state index in [-0.39, 0.29) is 18.2 Å². The molecule has 1 saturated heterocycles. The number of ether oxygens (including phenoxy) is 3. The van der Waals surface area contributed by atoms with Gasteiger partial charge in [-0.1, -0.05) is 5.11 Å². The lowest BCUT2D eigenvalue weighted by Crippen LogP contribution is -2.27. The lowest BCUT2D eigenvalue weighted by molar-refractivity contribution is -0.00962. The molecule has 1 aliphatic rings. The molecule has 1 fully saturated rings. The molecule has 11 heteroatoms. The maximum atomic E-state index is 9.54. The van der Waals surface area contributed by atoms with Gasteiger partial charge in [0, 0.05) is 35.3 Å². The molecule has 182 valence electrons. The number of azide groups is 1. The molecular formula is C24H28N8O3. The first-order valence-electron chi connectivity index (χ1n) is 11.6. The molecule has 11 nitrogen and oxygen atoms in total. The first-order chi connectivity index (χ1) is 17.0. The van der Waals surface area contributed by atoms with Crippen LogP contribution >= 0.6 is 0 Å². The highest BCUT2D eigenvalue weighted by Crippen LogP contribution is 2.32. The van der Waals surface area contributed by atoms with Gasteiger partial charge in [0.25, 0.3) is 0 Å². The summed E-state index contributed by atoms with van der Waals surface area (Å²) in [4.78, 5) is 9.70. The Morgan fingerprint density at radius 1 is 1.29 bits per heavy atom. The summed E-state index contributed by atoms with van der Waals surface area (Å²) in [5.74, 6) is 1.41. The van der Waals surface area contributed by atoms with Crippen molar-refractivity contribution in [1.29, 1.82) is 5.26 Å². The molecule has 2 atom stereocenters. The molecule has 4 heterocycles. The van der Waals surface area contributed by atoms with Gasteiger partial charge in [-0.25, -0.2) is 9.50 Å². The summed E-state index contributed by atoms with van der Waals surface area (Å²) in [5.41, 5.74) is 11.8. The Hall–Kier alpha value is -3.84. The van der Waals surface area contributed by atoms with Gasteiger partial charge in [-0.3, -0.25) is 0 Å². The van der Waals surface area contributed by atoms with Crippen LogP contribution in [0.3, 0.4) is 0 Å². The number of hydrogen-bond donors (Lipinski definition) is 0. The molecule has 0 saturated carbocycles. The van der Waals surface area contributed by atoms with Crippen LogP contribution in [-0.2, 0) is 9.47 Å². The zero-order valence-corrected chi connectivity index (χ0v) is 20.0. The number of nitriles is 1. The molecule has 1 aliphatic heterocycles. The number of fused-ring (bicyclic) bond motifs is 1. The van der Waals surface area contributed by atoms with Gasteiger partial charge < -0.3 is 19.1 Å². The predicted octanol–water partition coefficient (Wildman–Crippen LogP) is 3.98. The fourth-order valence-electron chi connectivity index (χ4n) is 4.15. The highest BCUT2D eigenvalue weighted by molar-refractivity contribution is 5.85. The van der Waals surface area contributed by atoms with Crippen LogP contribution in [0.5, 0.6) is 5.75 Å². The van der Waals surface area contributed by atoms with Crippen LogP contribution < -0.4 is 9.64 Å². The highest BCUT2D eigenvalue weighted by atomic mass is 16.5. The summed E-state index contributed by atoms with van der Waals surface area (Å²) in [6, 6.07) is 7.66. The number of pyridine rings is 2. The van der Waals surface area contributed by atoms with Crippen molar-refractivity contribution in [3.05, 3.63) is 52.8 Å². The average molecular weight is 477 g/mol. The number of aromatic nitrogens is 3. The minimum atomic E-state index is -0.312. The normalized spacial score (nSPS) is 17.5. The summed E-state index contributed by atoms with van der Waals surface area (Å²) in [6.07, 6.45) is 4.97. The number of rotatable bonds is 10. The fourth-order valence-corrected chi connectivity index (χ4v) is 4.15. The number of nitrogens with zero attached hydrogens (tertiary/aromatic N) is 8. The summed E-state index contributed by atoms with van der Waals surface area (Å²) >= 11 is 0. The van der Waals surface area contributed by atoms with Gasteiger partial charge in [0.05, 0.1) is 61.5 Å². The first-order valence-corrected chi connectivity index (χ1v) is 11.6. The van der Waals surface area contributed by atoms with E-state index in [1.54, 1.807) is 23.1 Å². The van der Waals surface area contributed by atoms with Gasteiger partial charge in [0.1, 0.15) is 17.6 Å². The van der Waals surface area contributed by atoms with Crippen LogP contribution in [0, 0.1) is 11.3 Å². The molecular weight excluding hydrogens is 448 g/mol. The van der Waals surface area contributed by atoms with Crippen molar-refractivity contribution >= 4 is 11.3 Å². The third-order valence-corrected chi connectivity index (χ3v) is 5.70. The summed E-state index contributed by atoms with van der Waals surface area (Å²) < 4.78 is 18.8. The zero-order valence-electron chi connectivity index (χ0n) is 20.0. The van der Waals surface area contributed by atoms with E-state index in [9.17, 15) is 5.26 Å². The second-order valence-electron chi connectivity index (χ2n) is 8.40. The van der Waals surface area contributed by atoms with Gasteiger partial charge in [-0.05, 0) is 44.5 Å². The van der Waals surface area contributed by atoms with Gasteiger partial charge in [0.15, 0.2) is 0 Å². The molecule has 0 unspecified atom stereocenters. The lowest BCUT2D eigenvalue weighted by atomic mass is 10.1. The van der Waals surface area contributed by atoms with Crippen molar-refractivity contribution in [2.45, 2.75) is 39.0 Å². The Labute approximate surface area is 203 Å². The molecule has 35 heavy (non-hydrogen) atoms. The van der Waals surface area contributed by atoms with Crippen molar-refractivity contribution in [2.75, 3.05) is 37.8 Å². The van der Waals surface area contributed by atoms with Gasteiger partial charge in [-0.2, -0.15) is 10.4 Å². The largest absolute Gasteiger partial charge is 0.492 e. The van der Waals surface area contributed by atoms with E-state index in [4.69, 9.17) is 19.7 Å². The third kappa shape index (κ3) is 5.46. The number of anilines is 1. The molecule has 3 aromatic rings. The van der Waals surface area contributed by atoms with E-state index in [0.717, 1.165) is 16.9 Å². The minimum Gasteiger partial charge on any atom is -0.492 e. The smallest absolute Gasteiger partial charge is 0.138 e. The van der Waals surface area contributed by atoms with Crippen molar-refractivity contribution in [1.82, 2.24) is 14.6 Å². The average Bonchev–Trinajstić information content (AvgIpc) is 3.46. The zero-order chi connectivity index (χ0) is 24.8. The molecule has 0 radical (unpaired) electrons. The van der Waals surface area contributed by atoms with Crippen molar-refractivity contribution in [2.24, 2.45) is 5.11 Å². The molecule has 0 aliphatic carbocycles. The molecule has 0 N–H and O–H groups in total. The van der Waals surface area contributed by atoms with Crippen LogP contribution in [0.25, 0.3) is 27.1 Å². The Morgan fingerprint density at radius 3 is 2.83 bits per heavy atom. The quantitative estimate of drug-likeness (QED) is 0.187. The molecule has 3 aromatic heterocycles. The van der Waals surface area contributed by atoms with Crippen LogP contribution in [0.15, 0.2) is 41.9 Å². The van der Waals surface area contributed by atoms with Crippen molar-refractivity contribution in [3.8, 4) is 22.9 Å². The van der Waals surface area contributed by atoms with E-state index < -0.39 is 0 Å². The van der Waals surface area contributed by atoms with E-state index in [1.807, 2.05) is 43.9 Å². The Bertz CT molecular complexity index is 1240. The van der Waals surface area contributed by atoms with Crippen LogP contribution in [0.2, 0.25) is 0 Å². The predicted molar refractivity (Wildman–Crippen MR) is 130 cm³/mol. The molecule has 0 aromatic carbocycles. The summed E-state index contributed by atoms with van der Waals surface area (Å²) in [5, 5.41) is 17.8. The van der Waals surface area contributed by atoms with Gasteiger partial charge in [0.2, 0.25) is 0 Å². The monoisotopic (exact) mass is 476 g/mol. The molecule has 4 rings (SSSR count). The Kier molecular flexibility index (Phi) is 7.67. The fraction of sp³-hybridized carbons (Fsp3) is 0.458. The van der Waals surface area contributed by atoms with Crippen LogP contribution in [0.1, 0.15) is 26.3 Å². The Balaban J connectivity index is 1.55. The molecule has 0 spiro atoms. The SMILES string of the molecule is CCOc1cc(-c2ccc(N3C[C@H](N=[N+]=[N-])[C@@H](OCCOC(C)C)C3)nc2)c2c(C#N)cnn2c1. The van der Waals surface area contributed by atoms with Crippen molar-refractivity contribution < 1.29 is 14.2 Å². The van der Waals surface area contributed by atoms with Crippen LogP contribution in [0.4, 0.5) is 5.82 Å². The van der Waals surface area contributed by atoms with E-state index in [2.05, 4.69) is 26.2 Å². The van der Waals surface area contributed by atoms with Crippen LogP contribution in [-0.4, -0.2) is 65.8 Å². The van der Waals surface area contributed by atoms with Gasteiger partial charge in [-0.15, -0.1) is 0 Å². The Morgan fingerprint density at radius 2 is 2.14 bits per heavy atom. The minimum absolute atomic E-state index is 0.136.